The molecule has 1 aliphatic heterocycles. The van der Waals surface area contributed by atoms with Crippen LogP contribution in [0.1, 0.15) is 16.2 Å². The monoisotopic (exact) mass is 253 g/mol. The SMILES string of the molecule is Cc1cc(C(=O)N2CCN(CC(=O)O)CC2)on1. The van der Waals surface area contributed by atoms with E-state index in [-0.39, 0.29) is 18.2 Å². The lowest BCUT2D eigenvalue weighted by molar-refractivity contribution is -0.138. The molecule has 2 rings (SSSR count). The Hall–Kier alpha value is -1.89. The molecule has 0 aromatic carbocycles. The van der Waals surface area contributed by atoms with Gasteiger partial charge in [-0.05, 0) is 6.92 Å². The summed E-state index contributed by atoms with van der Waals surface area (Å²) in [5.74, 6) is -0.801. The van der Waals surface area contributed by atoms with E-state index < -0.39 is 5.97 Å². The predicted octanol–water partition coefficient (Wildman–Crippen LogP) is -0.175. The molecule has 0 atom stereocenters. The van der Waals surface area contributed by atoms with Crippen LogP contribution in [0.25, 0.3) is 0 Å². The zero-order valence-corrected chi connectivity index (χ0v) is 10.1. The highest BCUT2D eigenvalue weighted by Gasteiger charge is 2.25. The highest BCUT2D eigenvalue weighted by Crippen LogP contribution is 2.09. The van der Waals surface area contributed by atoms with Crippen LogP contribution in [0.15, 0.2) is 10.6 Å². The van der Waals surface area contributed by atoms with Crippen LogP contribution < -0.4 is 0 Å². The number of aryl methyl sites for hydroxylation is 1. The van der Waals surface area contributed by atoms with Crippen molar-refractivity contribution < 1.29 is 19.2 Å². The van der Waals surface area contributed by atoms with Crippen LogP contribution in [0.2, 0.25) is 0 Å². The van der Waals surface area contributed by atoms with Gasteiger partial charge >= 0.3 is 5.97 Å². The summed E-state index contributed by atoms with van der Waals surface area (Å²) in [4.78, 5) is 26.0. The molecule has 2 heterocycles. The zero-order chi connectivity index (χ0) is 13.1. The highest BCUT2D eigenvalue weighted by atomic mass is 16.5. The van der Waals surface area contributed by atoms with Crippen molar-refractivity contribution >= 4 is 11.9 Å². The summed E-state index contributed by atoms with van der Waals surface area (Å²) in [6.07, 6.45) is 0. The Balaban J connectivity index is 1.90. The van der Waals surface area contributed by atoms with Gasteiger partial charge in [-0.15, -0.1) is 0 Å². The van der Waals surface area contributed by atoms with Crippen LogP contribution in [0, 0.1) is 6.92 Å². The fourth-order valence-corrected chi connectivity index (χ4v) is 1.92. The molecule has 0 aliphatic carbocycles. The lowest BCUT2D eigenvalue weighted by Crippen LogP contribution is -2.49. The van der Waals surface area contributed by atoms with E-state index in [0.717, 1.165) is 0 Å². The molecule has 98 valence electrons. The normalized spacial score (nSPS) is 16.8. The van der Waals surface area contributed by atoms with Gasteiger partial charge in [0.1, 0.15) is 0 Å². The number of hydrogen-bond acceptors (Lipinski definition) is 5. The smallest absolute Gasteiger partial charge is 0.317 e. The molecule has 18 heavy (non-hydrogen) atoms. The van der Waals surface area contributed by atoms with Crippen molar-refractivity contribution in [3.8, 4) is 0 Å². The standard InChI is InChI=1S/C11H15N3O4/c1-8-6-9(18-12-8)11(17)14-4-2-13(3-5-14)7-10(15)16/h6H,2-5,7H2,1H3,(H,15,16). The van der Waals surface area contributed by atoms with E-state index in [9.17, 15) is 9.59 Å². The van der Waals surface area contributed by atoms with Gasteiger partial charge in [0.15, 0.2) is 0 Å². The Bertz CT molecular complexity index is 449. The number of nitrogens with zero attached hydrogens (tertiary/aromatic N) is 3. The zero-order valence-electron chi connectivity index (χ0n) is 10.1. The number of aliphatic carboxylic acids is 1. The third-order valence-electron chi connectivity index (χ3n) is 2.86. The molecule has 0 spiro atoms. The number of rotatable bonds is 3. The van der Waals surface area contributed by atoms with Gasteiger partial charge in [0.05, 0.1) is 12.2 Å². The molecular formula is C11H15N3O4. The second-order valence-corrected chi connectivity index (χ2v) is 4.29. The fourth-order valence-electron chi connectivity index (χ4n) is 1.92. The van der Waals surface area contributed by atoms with Crippen LogP contribution in [0.5, 0.6) is 0 Å². The first-order valence-corrected chi connectivity index (χ1v) is 5.73. The van der Waals surface area contributed by atoms with Gasteiger partial charge in [0.2, 0.25) is 5.76 Å². The summed E-state index contributed by atoms with van der Waals surface area (Å²) in [6, 6.07) is 1.60. The summed E-state index contributed by atoms with van der Waals surface area (Å²) in [5, 5.41) is 12.4. The van der Waals surface area contributed by atoms with Crippen LogP contribution in [-0.4, -0.2) is 64.7 Å². The molecule has 1 amide bonds. The third kappa shape index (κ3) is 2.86. The molecule has 7 nitrogen and oxygen atoms in total. The summed E-state index contributed by atoms with van der Waals surface area (Å²) < 4.78 is 4.92. The lowest BCUT2D eigenvalue weighted by atomic mass is 10.2. The summed E-state index contributed by atoms with van der Waals surface area (Å²) in [5.41, 5.74) is 0.669. The molecule has 0 unspecified atom stereocenters. The van der Waals surface area contributed by atoms with Gasteiger partial charge in [-0.1, -0.05) is 5.16 Å². The summed E-state index contributed by atoms with van der Waals surface area (Å²) in [6.45, 7) is 3.91. The highest BCUT2D eigenvalue weighted by molar-refractivity contribution is 5.91. The average Bonchev–Trinajstić information content (AvgIpc) is 2.75. The van der Waals surface area contributed by atoms with E-state index in [2.05, 4.69) is 5.16 Å². The Morgan fingerprint density at radius 2 is 2.06 bits per heavy atom. The molecule has 1 aromatic heterocycles. The first-order valence-electron chi connectivity index (χ1n) is 5.73. The second kappa shape index (κ2) is 5.18. The fraction of sp³-hybridized carbons (Fsp3) is 0.545. The first-order chi connectivity index (χ1) is 8.56. The quantitative estimate of drug-likeness (QED) is 0.804. The van der Waals surface area contributed by atoms with Crippen LogP contribution in [0.3, 0.4) is 0 Å². The molecule has 0 radical (unpaired) electrons. The Morgan fingerprint density at radius 1 is 1.39 bits per heavy atom. The largest absolute Gasteiger partial charge is 0.480 e. The molecule has 7 heteroatoms. The molecule has 1 aliphatic rings. The van der Waals surface area contributed by atoms with Crippen molar-refractivity contribution in [2.45, 2.75) is 6.92 Å². The predicted molar refractivity (Wildman–Crippen MR) is 61.2 cm³/mol. The number of carbonyl (C=O) groups is 2. The maximum absolute atomic E-state index is 12.0. The minimum Gasteiger partial charge on any atom is -0.480 e. The molecule has 0 bridgehead atoms. The van der Waals surface area contributed by atoms with Crippen molar-refractivity contribution in [2.75, 3.05) is 32.7 Å². The topological polar surface area (TPSA) is 86.9 Å². The molecule has 0 saturated carbocycles. The van der Waals surface area contributed by atoms with Crippen LogP contribution in [-0.2, 0) is 4.79 Å². The summed E-state index contributed by atoms with van der Waals surface area (Å²) in [7, 11) is 0. The van der Waals surface area contributed by atoms with Crippen molar-refractivity contribution in [1.82, 2.24) is 15.0 Å². The number of carboxylic acid groups (broad SMARTS) is 1. The van der Waals surface area contributed by atoms with Crippen LogP contribution >= 0.6 is 0 Å². The number of amides is 1. The van der Waals surface area contributed by atoms with E-state index in [0.29, 0.717) is 31.9 Å². The van der Waals surface area contributed by atoms with Crippen molar-refractivity contribution in [3.63, 3.8) is 0 Å². The second-order valence-electron chi connectivity index (χ2n) is 4.29. The Kier molecular flexibility index (Phi) is 3.61. The number of hydrogen-bond donors (Lipinski definition) is 1. The van der Waals surface area contributed by atoms with Gasteiger partial charge in [0, 0.05) is 32.2 Å². The average molecular weight is 253 g/mol. The minimum atomic E-state index is -0.847. The number of aromatic nitrogens is 1. The van der Waals surface area contributed by atoms with Crippen molar-refractivity contribution in [1.29, 1.82) is 0 Å². The molecule has 1 aromatic rings. The van der Waals surface area contributed by atoms with E-state index in [4.69, 9.17) is 9.63 Å². The maximum atomic E-state index is 12.0. The number of piperazine rings is 1. The van der Waals surface area contributed by atoms with Gasteiger partial charge in [-0.2, -0.15) is 0 Å². The Morgan fingerprint density at radius 3 is 2.56 bits per heavy atom. The van der Waals surface area contributed by atoms with Crippen molar-refractivity contribution in [2.24, 2.45) is 0 Å². The van der Waals surface area contributed by atoms with Gasteiger partial charge < -0.3 is 14.5 Å². The van der Waals surface area contributed by atoms with E-state index in [1.54, 1.807) is 22.8 Å². The summed E-state index contributed by atoms with van der Waals surface area (Å²) >= 11 is 0. The molecular weight excluding hydrogens is 238 g/mol. The molecule has 1 saturated heterocycles. The lowest BCUT2D eigenvalue weighted by Gasteiger charge is -2.33. The Labute approximate surface area is 104 Å². The van der Waals surface area contributed by atoms with Crippen LogP contribution in [0.4, 0.5) is 0 Å². The first kappa shape index (κ1) is 12.6. The van der Waals surface area contributed by atoms with Crippen molar-refractivity contribution in [3.05, 3.63) is 17.5 Å². The maximum Gasteiger partial charge on any atom is 0.317 e. The minimum absolute atomic E-state index is 0.0173. The van der Waals surface area contributed by atoms with E-state index >= 15 is 0 Å². The van der Waals surface area contributed by atoms with Gasteiger partial charge in [-0.3, -0.25) is 14.5 Å². The van der Waals surface area contributed by atoms with Gasteiger partial charge in [0.25, 0.3) is 5.91 Å². The molecule has 1 N–H and O–H groups in total. The number of carboxylic acids is 1. The molecule has 1 fully saturated rings. The van der Waals surface area contributed by atoms with Gasteiger partial charge in [-0.25, -0.2) is 0 Å². The third-order valence-corrected chi connectivity index (χ3v) is 2.86. The van der Waals surface area contributed by atoms with E-state index in [1.807, 2.05) is 0 Å². The van der Waals surface area contributed by atoms with E-state index in [1.165, 1.54) is 0 Å². The number of carbonyl (C=O) groups excluding carboxylic acids is 1.